The number of hydrogen-bond donors (Lipinski definition) is 2. The minimum atomic E-state index is -0.133. The number of piperazine rings is 1. The molecule has 22 heavy (non-hydrogen) atoms. The molecule has 0 aromatic carbocycles. The van der Waals surface area contributed by atoms with Gasteiger partial charge in [-0.3, -0.25) is 5.32 Å². The van der Waals surface area contributed by atoms with Gasteiger partial charge in [-0.05, 0) is 65.7 Å². The summed E-state index contributed by atoms with van der Waals surface area (Å²) in [7, 11) is 4.16. The van der Waals surface area contributed by atoms with Crippen LogP contribution >= 0.6 is 0 Å². The van der Waals surface area contributed by atoms with Gasteiger partial charge in [-0.2, -0.15) is 0 Å². The molecule has 3 atom stereocenters. The van der Waals surface area contributed by atoms with Gasteiger partial charge >= 0.3 is 0 Å². The van der Waals surface area contributed by atoms with E-state index in [1.807, 2.05) is 6.92 Å². The predicted octanol–water partition coefficient (Wildman–Crippen LogP) is 1.58. The Labute approximate surface area is 133 Å². The van der Waals surface area contributed by atoms with Crippen LogP contribution in [0, 0.1) is 10.8 Å². The van der Waals surface area contributed by atoms with E-state index in [2.05, 4.69) is 34.8 Å². The van der Waals surface area contributed by atoms with E-state index in [1.54, 1.807) is 0 Å². The molecule has 1 unspecified atom stereocenters. The Kier molecular flexibility index (Phi) is 9.70. The lowest BCUT2D eigenvalue weighted by Gasteiger charge is -2.27. The van der Waals surface area contributed by atoms with Crippen LogP contribution < -0.4 is 10.6 Å². The highest BCUT2D eigenvalue weighted by Gasteiger charge is 2.24. The maximum atomic E-state index is 12.2. The average Bonchev–Trinajstić information content (AvgIpc) is 2.48. The molecule has 2 N–H and O–H groups in total. The lowest BCUT2D eigenvalue weighted by Crippen LogP contribution is -2.45. The molecule has 2 saturated heterocycles. The van der Waals surface area contributed by atoms with Gasteiger partial charge in [0.2, 0.25) is 0 Å². The summed E-state index contributed by atoms with van der Waals surface area (Å²) in [5.41, 5.74) is 0. The van der Waals surface area contributed by atoms with E-state index in [1.165, 1.54) is 6.42 Å². The van der Waals surface area contributed by atoms with Crippen LogP contribution in [0.5, 0.6) is 0 Å². The summed E-state index contributed by atoms with van der Waals surface area (Å²) < 4.78 is 12.2. The zero-order valence-corrected chi connectivity index (χ0v) is 14.2. The Morgan fingerprint density at radius 3 is 2.64 bits per heavy atom. The summed E-state index contributed by atoms with van der Waals surface area (Å²) in [6.45, 7) is 5.86. The first-order valence-corrected chi connectivity index (χ1v) is 8.37. The monoisotopic (exact) mass is 317 g/mol. The van der Waals surface area contributed by atoms with Gasteiger partial charge in [0.05, 0.1) is 0 Å². The largest absolute Gasteiger partial charge is 0.312 e. The summed E-state index contributed by atoms with van der Waals surface area (Å²) >= 11 is 0. The van der Waals surface area contributed by atoms with Gasteiger partial charge in [0.1, 0.15) is 6.17 Å². The molecule has 0 bridgehead atoms. The molecule has 0 aliphatic carbocycles. The molecule has 2 fully saturated rings. The maximum Gasteiger partial charge on any atom is 0.145 e. The first kappa shape index (κ1) is 19.4. The standard InChI is InChI=1S/C10H21N3O.C5H11FN2/c1-13(2)8-4-6-9-5-3-7-11-10(9)12-14;1-5-4-8(6)3-2-7-5/h9-11H,3-8H2,1-2H3;5,7H,2-4H2,1H3/t9-,10+;/m1./s1. The van der Waals surface area contributed by atoms with Gasteiger partial charge in [-0.15, -0.1) is 14.5 Å². The molecule has 0 aromatic heterocycles. The average molecular weight is 317 g/mol. The Bertz CT molecular complexity index is 298. The predicted molar refractivity (Wildman–Crippen MR) is 88.2 cm³/mol. The van der Waals surface area contributed by atoms with Crippen molar-refractivity contribution in [3.8, 4) is 0 Å². The number of piperidine rings is 1. The van der Waals surface area contributed by atoms with Gasteiger partial charge in [-0.1, -0.05) is 5.18 Å². The van der Waals surface area contributed by atoms with Gasteiger partial charge in [0, 0.05) is 25.7 Å². The Morgan fingerprint density at radius 1 is 1.32 bits per heavy atom. The zero-order chi connectivity index (χ0) is 16.4. The third-order valence-electron chi connectivity index (χ3n) is 4.16. The summed E-state index contributed by atoms with van der Waals surface area (Å²) in [6, 6.07) is 0.314. The summed E-state index contributed by atoms with van der Waals surface area (Å²) in [5, 5.41) is 10.3. The van der Waals surface area contributed by atoms with Crippen LogP contribution in [0.4, 0.5) is 4.48 Å². The second kappa shape index (κ2) is 11.0. The van der Waals surface area contributed by atoms with Gasteiger partial charge in [0.25, 0.3) is 0 Å². The van der Waals surface area contributed by atoms with Crippen molar-refractivity contribution < 1.29 is 4.48 Å². The molecular weight excluding hydrogens is 285 g/mol. The molecule has 0 spiro atoms. The Morgan fingerprint density at radius 2 is 2.09 bits per heavy atom. The second-order valence-corrected chi connectivity index (χ2v) is 6.58. The van der Waals surface area contributed by atoms with Crippen LogP contribution in [0.2, 0.25) is 0 Å². The van der Waals surface area contributed by atoms with Crippen LogP contribution in [-0.2, 0) is 0 Å². The molecule has 0 radical (unpaired) electrons. The molecule has 7 heteroatoms. The molecule has 2 aliphatic rings. The molecule has 2 aliphatic heterocycles. The van der Waals surface area contributed by atoms with Crippen LogP contribution in [0.1, 0.15) is 32.6 Å². The Hall–Kier alpha value is -0.630. The summed E-state index contributed by atoms with van der Waals surface area (Å²) in [4.78, 5) is 12.7. The lowest BCUT2D eigenvalue weighted by atomic mass is 9.91. The third kappa shape index (κ3) is 8.12. The van der Waals surface area contributed by atoms with E-state index in [-0.39, 0.29) is 6.17 Å². The zero-order valence-electron chi connectivity index (χ0n) is 14.2. The minimum Gasteiger partial charge on any atom is -0.312 e. The highest BCUT2D eigenvalue weighted by molar-refractivity contribution is 4.79. The molecule has 0 saturated carbocycles. The first-order chi connectivity index (χ1) is 10.5. The van der Waals surface area contributed by atoms with Crippen molar-refractivity contribution in [1.29, 1.82) is 0 Å². The van der Waals surface area contributed by atoms with Crippen molar-refractivity contribution in [3.63, 3.8) is 0 Å². The highest BCUT2D eigenvalue weighted by atomic mass is 19.2. The Balaban J connectivity index is 0.000000255. The van der Waals surface area contributed by atoms with Crippen LogP contribution in [0.15, 0.2) is 5.18 Å². The van der Waals surface area contributed by atoms with Crippen molar-refractivity contribution in [3.05, 3.63) is 4.91 Å². The van der Waals surface area contributed by atoms with Crippen LogP contribution in [0.3, 0.4) is 0 Å². The maximum absolute atomic E-state index is 12.2. The number of nitrogens with zero attached hydrogens (tertiary/aromatic N) is 3. The third-order valence-corrected chi connectivity index (χ3v) is 4.16. The summed E-state index contributed by atoms with van der Waals surface area (Å²) in [5.74, 6) is 0.459. The van der Waals surface area contributed by atoms with Gasteiger partial charge in [-0.25, -0.2) is 0 Å². The molecule has 2 heterocycles. The van der Waals surface area contributed by atoms with Crippen LogP contribution in [0.25, 0.3) is 0 Å². The quantitative estimate of drug-likeness (QED) is 0.595. The van der Waals surface area contributed by atoms with Crippen molar-refractivity contribution in [1.82, 2.24) is 20.7 Å². The van der Waals surface area contributed by atoms with Crippen molar-refractivity contribution in [2.45, 2.75) is 44.8 Å². The summed E-state index contributed by atoms with van der Waals surface area (Å²) in [6.07, 6.45) is 4.47. The van der Waals surface area contributed by atoms with E-state index in [0.717, 1.165) is 44.0 Å². The molecule has 0 amide bonds. The van der Waals surface area contributed by atoms with Crippen molar-refractivity contribution in [2.75, 3.05) is 46.8 Å². The number of rotatable bonds is 5. The normalized spacial score (nSPS) is 29.8. The minimum absolute atomic E-state index is 0.133. The fourth-order valence-electron chi connectivity index (χ4n) is 2.92. The molecule has 6 nitrogen and oxygen atoms in total. The molecule has 130 valence electrons. The molecular formula is C15H32FN5O. The van der Waals surface area contributed by atoms with E-state index in [4.69, 9.17) is 0 Å². The number of nitroso groups, excluding NO2 is 1. The van der Waals surface area contributed by atoms with E-state index in [9.17, 15) is 9.39 Å². The first-order valence-electron chi connectivity index (χ1n) is 8.37. The SMILES string of the molecule is CC1CN(F)CCN1.CN(C)CCC[C@H]1CCCN[C@H]1N=O. The number of nitrogens with one attached hydrogen (secondary N) is 2. The number of hydrogen-bond acceptors (Lipinski definition) is 6. The topological polar surface area (TPSA) is 60.0 Å². The van der Waals surface area contributed by atoms with Crippen molar-refractivity contribution in [2.24, 2.45) is 11.1 Å². The lowest BCUT2D eigenvalue weighted by molar-refractivity contribution is -0.000233. The molecule has 0 aromatic rings. The molecule has 2 rings (SSSR count). The highest BCUT2D eigenvalue weighted by Crippen LogP contribution is 2.22. The fraction of sp³-hybridized carbons (Fsp3) is 1.00. The smallest absolute Gasteiger partial charge is 0.145 e. The van der Waals surface area contributed by atoms with Crippen LogP contribution in [-0.4, -0.2) is 69.0 Å². The van der Waals surface area contributed by atoms with Gasteiger partial charge in [0.15, 0.2) is 0 Å². The van der Waals surface area contributed by atoms with E-state index >= 15 is 0 Å². The van der Waals surface area contributed by atoms with Crippen molar-refractivity contribution >= 4 is 0 Å². The van der Waals surface area contributed by atoms with Gasteiger partial charge < -0.3 is 10.2 Å². The second-order valence-electron chi connectivity index (χ2n) is 6.58. The fourth-order valence-corrected chi connectivity index (χ4v) is 2.92. The van der Waals surface area contributed by atoms with E-state index in [0.29, 0.717) is 25.0 Å². The number of halogens is 1. The van der Waals surface area contributed by atoms with E-state index < -0.39 is 0 Å².